The predicted molar refractivity (Wildman–Crippen MR) is 105 cm³/mol. The van der Waals surface area contributed by atoms with E-state index < -0.39 is 0 Å². The first-order valence-corrected chi connectivity index (χ1v) is 9.00. The highest BCUT2D eigenvalue weighted by Gasteiger charge is 2.11. The zero-order chi connectivity index (χ0) is 17.8. The van der Waals surface area contributed by atoms with E-state index in [-0.39, 0.29) is 6.67 Å². The molecule has 0 bridgehead atoms. The molecule has 0 amide bonds. The molecule has 4 aromatic rings. The fraction of sp³-hybridized carbons (Fsp3) is 0.227. The summed E-state index contributed by atoms with van der Waals surface area (Å²) in [6, 6.07) is 18.6. The second-order valence-electron chi connectivity index (χ2n) is 6.65. The summed E-state index contributed by atoms with van der Waals surface area (Å²) >= 11 is 0. The van der Waals surface area contributed by atoms with E-state index in [2.05, 4.69) is 51.4 Å². The Morgan fingerprint density at radius 2 is 1.85 bits per heavy atom. The van der Waals surface area contributed by atoms with Crippen LogP contribution in [-0.2, 0) is 13.1 Å². The Kier molecular flexibility index (Phi) is 4.93. The molecule has 4 rings (SSSR count). The van der Waals surface area contributed by atoms with E-state index in [0.717, 1.165) is 41.6 Å². The van der Waals surface area contributed by atoms with Crippen LogP contribution in [0.1, 0.15) is 17.5 Å². The van der Waals surface area contributed by atoms with Gasteiger partial charge in [-0.15, -0.1) is 0 Å². The highest BCUT2D eigenvalue weighted by molar-refractivity contribution is 5.83. The number of H-pyrrole nitrogens is 1. The summed E-state index contributed by atoms with van der Waals surface area (Å²) < 4.78 is 12.8. The number of halogens is 1. The van der Waals surface area contributed by atoms with Gasteiger partial charge in [-0.1, -0.05) is 36.4 Å². The number of nitrogens with one attached hydrogen (secondary N) is 1. The van der Waals surface area contributed by atoms with Gasteiger partial charge >= 0.3 is 0 Å². The number of para-hydroxylation sites is 2. The summed E-state index contributed by atoms with van der Waals surface area (Å²) in [5, 5.41) is 2.37. The molecule has 2 heterocycles. The Balaban J connectivity index is 1.57. The van der Waals surface area contributed by atoms with Gasteiger partial charge in [0.15, 0.2) is 0 Å². The van der Waals surface area contributed by atoms with E-state index in [1.165, 1.54) is 10.9 Å². The lowest BCUT2D eigenvalue weighted by Gasteiger charge is -2.22. The van der Waals surface area contributed by atoms with Crippen LogP contribution < -0.4 is 0 Å². The summed E-state index contributed by atoms with van der Waals surface area (Å²) in [6.45, 7) is 1.98. The molecule has 2 aromatic heterocycles. The first kappa shape index (κ1) is 16.7. The Bertz CT molecular complexity index is 1010. The smallest absolute Gasteiger partial charge is 0.0906 e. The number of hydrogen-bond donors (Lipinski definition) is 1. The molecule has 0 aliphatic carbocycles. The first-order chi connectivity index (χ1) is 12.8. The number of aromatic nitrogens is 2. The third kappa shape index (κ3) is 3.60. The quantitative estimate of drug-likeness (QED) is 0.506. The average Bonchev–Trinajstić information content (AvgIpc) is 3.09. The highest BCUT2D eigenvalue weighted by atomic mass is 19.1. The Labute approximate surface area is 152 Å². The molecule has 0 saturated heterocycles. The number of alkyl halides is 1. The number of benzene rings is 2. The van der Waals surface area contributed by atoms with Crippen molar-refractivity contribution in [2.24, 2.45) is 0 Å². The molecule has 0 atom stereocenters. The molecule has 0 aliphatic heterocycles. The lowest BCUT2D eigenvalue weighted by molar-refractivity contribution is 0.243. The third-order valence-electron chi connectivity index (χ3n) is 4.73. The number of pyridine rings is 1. The van der Waals surface area contributed by atoms with Crippen LogP contribution in [0, 0.1) is 0 Å². The van der Waals surface area contributed by atoms with E-state index in [1.807, 2.05) is 30.5 Å². The standard InChI is InChI=1S/C22H22FN3/c23-10-5-11-26(16-19-14-25-22-9-4-2-7-20(19)22)15-17-12-18-6-1-3-8-21(18)24-13-17/h1-4,6-9,12-14,25H,5,10-11,15-16H2. The van der Waals surface area contributed by atoms with Crippen LogP contribution in [0.5, 0.6) is 0 Å². The van der Waals surface area contributed by atoms with Crippen LogP contribution in [0.3, 0.4) is 0 Å². The summed E-state index contributed by atoms with van der Waals surface area (Å²) in [5.41, 5.74) is 4.54. The van der Waals surface area contributed by atoms with Crippen molar-refractivity contribution in [3.63, 3.8) is 0 Å². The van der Waals surface area contributed by atoms with Gasteiger partial charge in [0.1, 0.15) is 0 Å². The van der Waals surface area contributed by atoms with Gasteiger partial charge in [-0.2, -0.15) is 0 Å². The van der Waals surface area contributed by atoms with Crippen LogP contribution >= 0.6 is 0 Å². The maximum Gasteiger partial charge on any atom is 0.0906 e. The van der Waals surface area contributed by atoms with Crippen molar-refractivity contribution in [1.82, 2.24) is 14.9 Å². The van der Waals surface area contributed by atoms with E-state index in [0.29, 0.717) is 6.42 Å². The van der Waals surface area contributed by atoms with Crippen molar-refractivity contribution in [1.29, 1.82) is 0 Å². The number of fused-ring (bicyclic) bond motifs is 2. The van der Waals surface area contributed by atoms with E-state index in [1.54, 1.807) is 0 Å². The van der Waals surface area contributed by atoms with Crippen molar-refractivity contribution in [3.05, 3.63) is 78.1 Å². The second-order valence-corrected chi connectivity index (χ2v) is 6.65. The van der Waals surface area contributed by atoms with Crippen molar-refractivity contribution in [2.75, 3.05) is 13.2 Å². The predicted octanol–water partition coefficient (Wildman–Crippen LogP) is 5.08. The molecular formula is C22H22FN3. The van der Waals surface area contributed by atoms with E-state index in [9.17, 15) is 4.39 Å². The summed E-state index contributed by atoms with van der Waals surface area (Å²) in [4.78, 5) is 10.2. The first-order valence-electron chi connectivity index (χ1n) is 9.00. The molecule has 132 valence electrons. The van der Waals surface area contributed by atoms with Gasteiger partial charge in [0, 0.05) is 48.3 Å². The largest absolute Gasteiger partial charge is 0.361 e. The second kappa shape index (κ2) is 7.67. The molecule has 4 heteroatoms. The van der Waals surface area contributed by atoms with E-state index >= 15 is 0 Å². The van der Waals surface area contributed by atoms with Gasteiger partial charge in [-0.3, -0.25) is 14.3 Å². The van der Waals surface area contributed by atoms with Crippen molar-refractivity contribution >= 4 is 21.8 Å². The Morgan fingerprint density at radius 1 is 1.00 bits per heavy atom. The molecular weight excluding hydrogens is 325 g/mol. The van der Waals surface area contributed by atoms with Crippen molar-refractivity contribution in [3.8, 4) is 0 Å². The van der Waals surface area contributed by atoms with Crippen LogP contribution in [0.25, 0.3) is 21.8 Å². The fourth-order valence-electron chi connectivity index (χ4n) is 3.46. The monoisotopic (exact) mass is 347 g/mol. The summed E-state index contributed by atoms with van der Waals surface area (Å²) in [7, 11) is 0. The normalized spacial score (nSPS) is 11.6. The number of rotatable bonds is 7. The number of nitrogens with zero attached hydrogens (tertiary/aromatic N) is 2. The Morgan fingerprint density at radius 3 is 2.77 bits per heavy atom. The minimum absolute atomic E-state index is 0.291. The van der Waals surface area contributed by atoms with Crippen molar-refractivity contribution < 1.29 is 4.39 Å². The molecule has 0 saturated carbocycles. The maximum atomic E-state index is 12.8. The zero-order valence-corrected chi connectivity index (χ0v) is 14.7. The molecule has 0 aliphatic rings. The van der Waals surface area contributed by atoms with Crippen LogP contribution in [0.2, 0.25) is 0 Å². The van der Waals surface area contributed by atoms with Gasteiger partial charge in [-0.25, -0.2) is 0 Å². The molecule has 0 fully saturated rings. The van der Waals surface area contributed by atoms with Gasteiger partial charge < -0.3 is 4.98 Å². The third-order valence-corrected chi connectivity index (χ3v) is 4.73. The fourth-order valence-corrected chi connectivity index (χ4v) is 3.46. The SMILES string of the molecule is FCCCN(Cc1cnc2ccccc2c1)Cc1c[nH]c2ccccc12. The van der Waals surface area contributed by atoms with Gasteiger partial charge in [-0.05, 0) is 35.7 Å². The molecule has 2 aromatic carbocycles. The molecule has 0 unspecified atom stereocenters. The van der Waals surface area contributed by atoms with E-state index in [4.69, 9.17) is 0 Å². The maximum absolute atomic E-state index is 12.8. The topological polar surface area (TPSA) is 31.9 Å². The molecule has 1 N–H and O–H groups in total. The average molecular weight is 347 g/mol. The summed E-state index contributed by atoms with van der Waals surface area (Å²) in [5.74, 6) is 0. The van der Waals surface area contributed by atoms with Gasteiger partial charge in [0.2, 0.25) is 0 Å². The minimum atomic E-state index is -0.291. The van der Waals surface area contributed by atoms with Crippen LogP contribution in [0.15, 0.2) is 67.0 Å². The lowest BCUT2D eigenvalue weighted by Crippen LogP contribution is -2.24. The number of hydrogen-bond acceptors (Lipinski definition) is 2. The zero-order valence-electron chi connectivity index (χ0n) is 14.7. The number of aromatic amines is 1. The van der Waals surface area contributed by atoms with Gasteiger partial charge in [0.05, 0.1) is 12.2 Å². The lowest BCUT2D eigenvalue weighted by atomic mass is 10.1. The summed E-state index contributed by atoms with van der Waals surface area (Å²) in [6.07, 6.45) is 4.54. The van der Waals surface area contributed by atoms with Crippen molar-refractivity contribution in [2.45, 2.75) is 19.5 Å². The van der Waals surface area contributed by atoms with Crippen LogP contribution in [-0.4, -0.2) is 28.1 Å². The minimum Gasteiger partial charge on any atom is -0.361 e. The van der Waals surface area contributed by atoms with Gasteiger partial charge in [0.25, 0.3) is 0 Å². The molecule has 0 radical (unpaired) electrons. The highest BCUT2D eigenvalue weighted by Crippen LogP contribution is 2.21. The molecule has 0 spiro atoms. The van der Waals surface area contributed by atoms with Crippen LogP contribution in [0.4, 0.5) is 4.39 Å². The molecule has 26 heavy (non-hydrogen) atoms. The molecule has 3 nitrogen and oxygen atoms in total. The Hall–Kier alpha value is -2.72.